The summed E-state index contributed by atoms with van der Waals surface area (Å²) >= 11 is 0. The summed E-state index contributed by atoms with van der Waals surface area (Å²) in [6.45, 7) is 4.36. The summed E-state index contributed by atoms with van der Waals surface area (Å²) in [7, 11) is 1.80. The van der Waals surface area contributed by atoms with Crippen LogP contribution in [0.25, 0.3) is 6.08 Å². The lowest BCUT2D eigenvalue weighted by atomic mass is 10.1. The molecule has 4 heteroatoms. The number of carbonyl (C=O) groups excluding carboxylic acids is 1. The van der Waals surface area contributed by atoms with Crippen LogP contribution in [0.2, 0.25) is 0 Å². The number of rotatable bonds is 5. The average molecular weight is 270 g/mol. The van der Waals surface area contributed by atoms with Gasteiger partial charge in [0.1, 0.15) is 5.75 Å². The topological polar surface area (TPSA) is 44.1 Å². The minimum Gasteiger partial charge on any atom is -0.493 e. The number of aromatic nitrogens is 2. The highest BCUT2D eigenvalue weighted by atomic mass is 16.5. The van der Waals surface area contributed by atoms with E-state index in [4.69, 9.17) is 4.74 Å². The third-order valence-electron chi connectivity index (χ3n) is 2.91. The van der Waals surface area contributed by atoms with Crippen LogP contribution in [0.1, 0.15) is 28.5 Å². The maximum atomic E-state index is 12.1. The van der Waals surface area contributed by atoms with Crippen molar-refractivity contribution in [1.29, 1.82) is 0 Å². The molecule has 0 aliphatic rings. The first-order valence-electron chi connectivity index (χ1n) is 6.56. The first kappa shape index (κ1) is 14.1. The fourth-order valence-corrected chi connectivity index (χ4v) is 2.00. The SMILES string of the molecule is CCOc1ccccc1/C=C/C(=O)c1cn(C)nc1C. The van der Waals surface area contributed by atoms with Crippen molar-refractivity contribution in [2.75, 3.05) is 6.61 Å². The standard InChI is InChI=1S/C16H18N2O2/c1-4-20-16-8-6-5-7-13(16)9-10-15(19)14-11-18(3)17-12(14)2/h5-11H,4H2,1-3H3/b10-9+. The number of para-hydroxylation sites is 1. The van der Waals surface area contributed by atoms with E-state index in [1.807, 2.05) is 38.1 Å². The number of carbonyl (C=O) groups is 1. The molecule has 0 amide bonds. The lowest BCUT2D eigenvalue weighted by Crippen LogP contribution is -1.96. The molecule has 0 spiro atoms. The molecule has 0 unspecified atom stereocenters. The molecule has 0 aliphatic carbocycles. The van der Waals surface area contributed by atoms with Crippen molar-refractivity contribution < 1.29 is 9.53 Å². The minimum atomic E-state index is -0.0538. The fraction of sp³-hybridized carbons (Fsp3) is 0.250. The average Bonchev–Trinajstić information content (AvgIpc) is 2.77. The molecular formula is C16H18N2O2. The van der Waals surface area contributed by atoms with Crippen molar-refractivity contribution in [3.05, 3.63) is 53.4 Å². The normalized spacial score (nSPS) is 10.9. The van der Waals surface area contributed by atoms with Gasteiger partial charge in [-0.05, 0) is 32.1 Å². The van der Waals surface area contributed by atoms with Crippen molar-refractivity contribution in [3.63, 3.8) is 0 Å². The smallest absolute Gasteiger partial charge is 0.189 e. The van der Waals surface area contributed by atoms with Gasteiger partial charge in [-0.15, -0.1) is 0 Å². The Labute approximate surface area is 118 Å². The number of hydrogen-bond acceptors (Lipinski definition) is 3. The minimum absolute atomic E-state index is 0.0538. The third kappa shape index (κ3) is 3.15. The van der Waals surface area contributed by atoms with E-state index in [2.05, 4.69) is 5.10 Å². The van der Waals surface area contributed by atoms with Crippen LogP contribution >= 0.6 is 0 Å². The summed E-state index contributed by atoms with van der Waals surface area (Å²) in [5.41, 5.74) is 2.25. The summed E-state index contributed by atoms with van der Waals surface area (Å²) in [5.74, 6) is 0.726. The number of allylic oxidation sites excluding steroid dienone is 1. The van der Waals surface area contributed by atoms with E-state index in [-0.39, 0.29) is 5.78 Å². The maximum Gasteiger partial charge on any atom is 0.189 e. The highest BCUT2D eigenvalue weighted by Gasteiger charge is 2.09. The fourth-order valence-electron chi connectivity index (χ4n) is 2.00. The van der Waals surface area contributed by atoms with Crippen LogP contribution in [0, 0.1) is 6.92 Å². The van der Waals surface area contributed by atoms with Gasteiger partial charge in [0.05, 0.1) is 17.9 Å². The molecule has 2 rings (SSSR count). The predicted octanol–water partition coefficient (Wildman–Crippen LogP) is 3.02. The number of ether oxygens (including phenoxy) is 1. The van der Waals surface area contributed by atoms with Gasteiger partial charge in [0.25, 0.3) is 0 Å². The maximum absolute atomic E-state index is 12.1. The van der Waals surface area contributed by atoms with Crippen molar-refractivity contribution >= 4 is 11.9 Å². The van der Waals surface area contributed by atoms with Crippen LogP contribution in [0.5, 0.6) is 5.75 Å². The second kappa shape index (κ2) is 6.19. The van der Waals surface area contributed by atoms with Gasteiger partial charge in [0.2, 0.25) is 0 Å². The third-order valence-corrected chi connectivity index (χ3v) is 2.91. The Morgan fingerprint density at radius 3 is 2.80 bits per heavy atom. The van der Waals surface area contributed by atoms with Crippen LogP contribution in [0.15, 0.2) is 36.5 Å². The molecular weight excluding hydrogens is 252 g/mol. The molecule has 1 aromatic heterocycles. The van der Waals surface area contributed by atoms with Gasteiger partial charge in [-0.3, -0.25) is 9.48 Å². The van der Waals surface area contributed by atoms with Gasteiger partial charge < -0.3 is 4.74 Å². The van der Waals surface area contributed by atoms with Crippen LogP contribution in [0.3, 0.4) is 0 Å². The molecule has 104 valence electrons. The molecule has 0 aliphatic heterocycles. The number of hydrogen-bond donors (Lipinski definition) is 0. The van der Waals surface area contributed by atoms with E-state index < -0.39 is 0 Å². The Morgan fingerprint density at radius 1 is 1.40 bits per heavy atom. The van der Waals surface area contributed by atoms with Crippen LogP contribution in [0.4, 0.5) is 0 Å². The van der Waals surface area contributed by atoms with E-state index in [9.17, 15) is 4.79 Å². The molecule has 1 aromatic carbocycles. The molecule has 2 aromatic rings. The van der Waals surface area contributed by atoms with E-state index in [1.165, 1.54) is 0 Å². The molecule has 1 heterocycles. The van der Waals surface area contributed by atoms with Gasteiger partial charge >= 0.3 is 0 Å². The first-order valence-corrected chi connectivity index (χ1v) is 6.56. The van der Waals surface area contributed by atoms with Crippen molar-refractivity contribution in [2.45, 2.75) is 13.8 Å². The molecule has 4 nitrogen and oxygen atoms in total. The molecule has 0 saturated carbocycles. The summed E-state index contributed by atoms with van der Waals surface area (Å²) in [5, 5.41) is 4.17. The van der Waals surface area contributed by atoms with Gasteiger partial charge in [0.15, 0.2) is 5.78 Å². The zero-order chi connectivity index (χ0) is 14.5. The Kier molecular flexibility index (Phi) is 4.35. The van der Waals surface area contributed by atoms with Crippen LogP contribution in [-0.4, -0.2) is 22.2 Å². The largest absolute Gasteiger partial charge is 0.493 e. The van der Waals surface area contributed by atoms with Crippen molar-refractivity contribution in [2.24, 2.45) is 7.05 Å². The lowest BCUT2D eigenvalue weighted by Gasteiger charge is -2.05. The number of ketones is 1. The van der Waals surface area contributed by atoms with E-state index in [0.29, 0.717) is 12.2 Å². The van der Waals surface area contributed by atoms with Gasteiger partial charge in [-0.1, -0.05) is 18.2 Å². The zero-order valence-corrected chi connectivity index (χ0v) is 12.0. The lowest BCUT2D eigenvalue weighted by molar-refractivity contribution is 0.104. The molecule has 0 bridgehead atoms. The van der Waals surface area contributed by atoms with Gasteiger partial charge in [-0.2, -0.15) is 5.10 Å². The molecule has 0 atom stereocenters. The summed E-state index contributed by atoms with van der Waals surface area (Å²) in [6.07, 6.45) is 5.07. The Balaban J connectivity index is 2.21. The second-order valence-corrected chi connectivity index (χ2v) is 4.47. The quantitative estimate of drug-likeness (QED) is 0.619. The van der Waals surface area contributed by atoms with Crippen LogP contribution in [-0.2, 0) is 7.05 Å². The summed E-state index contributed by atoms with van der Waals surface area (Å²) in [6, 6.07) is 7.64. The zero-order valence-electron chi connectivity index (χ0n) is 12.0. The molecule has 0 fully saturated rings. The van der Waals surface area contributed by atoms with Gasteiger partial charge in [-0.25, -0.2) is 0 Å². The monoisotopic (exact) mass is 270 g/mol. The second-order valence-electron chi connectivity index (χ2n) is 4.47. The van der Waals surface area contributed by atoms with Crippen molar-refractivity contribution in [3.8, 4) is 5.75 Å². The first-order chi connectivity index (χ1) is 9.61. The highest BCUT2D eigenvalue weighted by molar-refractivity contribution is 6.07. The van der Waals surface area contributed by atoms with Crippen LogP contribution < -0.4 is 4.74 Å². The Morgan fingerprint density at radius 2 is 2.15 bits per heavy atom. The summed E-state index contributed by atoms with van der Waals surface area (Å²) < 4.78 is 7.17. The molecule has 20 heavy (non-hydrogen) atoms. The number of nitrogens with zero attached hydrogens (tertiary/aromatic N) is 2. The number of aryl methyl sites for hydroxylation is 2. The Bertz CT molecular complexity index is 642. The molecule has 0 N–H and O–H groups in total. The highest BCUT2D eigenvalue weighted by Crippen LogP contribution is 2.19. The molecule has 0 radical (unpaired) electrons. The van der Waals surface area contributed by atoms with E-state index in [1.54, 1.807) is 30.1 Å². The van der Waals surface area contributed by atoms with Gasteiger partial charge in [0, 0.05) is 18.8 Å². The van der Waals surface area contributed by atoms with E-state index >= 15 is 0 Å². The van der Waals surface area contributed by atoms with Crippen molar-refractivity contribution in [1.82, 2.24) is 9.78 Å². The number of benzene rings is 1. The summed E-state index contributed by atoms with van der Waals surface area (Å²) in [4.78, 5) is 12.1. The van der Waals surface area contributed by atoms with E-state index in [0.717, 1.165) is 17.0 Å². The Hall–Kier alpha value is -2.36. The predicted molar refractivity (Wildman–Crippen MR) is 78.9 cm³/mol. The molecule has 0 saturated heterocycles.